The quantitative estimate of drug-likeness (QED) is 0.909. The lowest BCUT2D eigenvalue weighted by molar-refractivity contribution is 0.700. The molecular weight excluding hydrogens is 296 g/mol. The van der Waals surface area contributed by atoms with Gasteiger partial charge in [0, 0.05) is 28.6 Å². The molecule has 90 valence electrons. The monoisotopic (exact) mass is 310 g/mol. The molecule has 1 N–H and O–H groups in total. The molecule has 0 saturated carbocycles. The van der Waals surface area contributed by atoms with Gasteiger partial charge in [-0.25, -0.2) is 4.98 Å². The van der Waals surface area contributed by atoms with Crippen molar-refractivity contribution in [3.63, 3.8) is 0 Å². The van der Waals surface area contributed by atoms with Gasteiger partial charge in [-0.2, -0.15) is 0 Å². The Balaban J connectivity index is 1.81. The molecule has 17 heavy (non-hydrogen) atoms. The summed E-state index contributed by atoms with van der Waals surface area (Å²) in [5.74, 6) is 0. The van der Waals surface area contributed by atoms with E-state index in [2.05, 4.69) is 57.4 Å². The molecule has 0 aliphatic heterocycles. The molecule has 0 radical (unpaired) electrons. The summed E-state index contributed by atoms with van der Waals surface area (Å²) in [6.07, 6.45) is 3.00. The van der Waals surface area contributed by atoms with Gasteiger partial charge in [0.05, 0.1) is 5.01 Å². The Morgan fingerprint density at radius 2 is 2.00 bits per heavy atom. The second kappa shape index (κ2) is 6.28. The van der Waals surface area contributed by atoms with Crippen LogP contribution >= 0.6 is 27.3 Å². The van der Waals surface area contributed by atoms with Gasteiger partial charge in [-0.3, -0.25) is 0 Å². The van der Waals surface area contributed by atoms with Gasteiger partial charge in [0.2, 0.25) is 0 Å². The maximum absolute atomic E-state index is 4.34. The zero-order valence-electron chi connectivity index (χ0n) is 9.74. The predicted molar refractivity (Wildman–Crippen MR) is 76.2 cm³/mol. The molecule has 0 saturated heterocycles. The fourth-order valence-corrected chi connectivity index (χ4v) is 2.62. The van der Waals surface area contributed by atoms with Crippen molar-refractivity contribution in [1.82, 2.24) is 10.3 Å². The van der Waals surface area contributed by atoms with Gasteiger partial charge in [-0.15, -0.1) is 11.3 Å². The van der Waals surface area contributed by atoms with Gasteiger partial charge < -0.3 is 5.32 Å². The third-order valence-electron chi connectivity index (χ3n) is 2.45. The summed E-state index contributed by atoms with van der Waals surface area (Å²) in [6.45, 7) is 3.93. The number of benzene rings is 1. The van der Waals surface area contributed by atoms with E-state index in [9.17, 15) is 0 Å². The van der Waals surface area contributed by atoms with Crippen LogP contribution in [0.3, 0.4) is 0 Å². The Kier molecular flexibility index (Phi) is 4.71. The van der Waals surface area contributed by atoms with E-state index >= 15 is 0 Å². The molecule has 2 nitrogen and oxygen atoms in total. The van der Waals surface area contributed by atoms with E-state index in [4.69, 9.17) is 0 Å². The van der Waals surface area contributed by atoms with E-state index in [-0.39, 0.29) is 0 Å². The van der Waals surface area contributed by atoms with Crippen LogP contribution in [-0.2, 0) is 19.5 Å². The Hall–Kier alpha value is -0.710. The molecule has 0 unspecified atom stereocenters. The van der Waals surface area contributed by atoms with Crippen molar-refractivity contribution in [2.75, 3.05) is 0 Å². The van der Waals surface area contributed by atoms with E-state index in [1.165, 1.54) is 15.4 Å². The van der Waals surface area contributed by atoms with Crippen LogP contribution in [0.4, 0.5) is 0 Å². The molecule has 1 aromatic carbocycles. The van der Waals surface area contributed by atoms with Gasteiger partial charge in [-0.05, 0) is 24.1 Å². The lowest BCUT2D eigenvalue weighted by Crippen LogP contribution is -2.11. The van der Waals surface area contributed by atoms with E-state index in [0.717, 1.165) is 24.0 Å². The van der Waals surface area contributed by atoms with E-state index in [0.29, 0.717) is 0 Å². The molecule has 0 aliphatic carbocycles. The normalized spacial score (nSPS) is 10.7. The van der Waals surface area contributed by atoms with Crippen LogP contribution < -0.4 is 5.32 Å². The summed E-state index contributed by atoms with van der Waals surface area (Å²) < 4.78 is 1.12. The van der Waals surface area contributed by atoms with E-state index in [1.807, 2.05) is 6.20 Å². The Labute approximate surface area is 114 Å². The SMILES string of the molecule is CCc1ncc(CNCc2ccc(Br)cc2)s1. The standard InChI is InChI=1S/C13H15BrN2S/c1-2-13-16-9-12(17-13)8-15-7-10-3-5-11(14)6-4-10/h3-6,9,15H,2,7-8H2,1H3. The summed E-state index contributed by atoms with van der Waals surface area (Å²) >= 11 is 5.22. The average molecular weight is 311 g/mol. The molecule has 0 fully saturated rings. The number of nitrogens with zero attached hydrogens (tertiary/aromatic N) is 1. The highest BCUT2D eigenvalue weighted by Gasteiger charge is 1.99. The van der Waals surface area contributed by atoms with Gasteiger partial charge >= 0.3 is 0 Å². The number of aromatic nitrogens is 1. The van der Waals surface area contributed by atoms with Crippen molar-refractivity contribution in [3.8, 4) is 0 Å². The maximum atomic E-state index is 4.34. The highest BCUT2D eigenvalue weighted by molar-refractivity contribution is 9.10. The Bertz CT molecular complexity index is 465. The van der Waals surface area contributed by atoms with Crippen LogP contribution in [-0.4, -0.2) is 4.98 Å². The summed E-state index contributed by atoms with van der Waals surface area (Å²) in [7, 11) is 0. The Morgan fingerprint density at radius 1 is 1.24 bits per heavy atom. The lowest BCUT2D eigenvalue weighted by Gasteiger charge is -2.03. The van der Waals surface area contributed by atoms with E-state index < -0.39 is 0 Å². The maximum Gasteiger partial charge on any atom is 0.0925 e. The minimum absolute atomic E-state index is 0.895. The van der Waals surface area contributed by atoms with Crippen molar-refractivity contribution >= 4 is 27.3 Å². The topological polar surface area (TPSA) is 24.9 Å². The molecule has 1 heterocycles. The molecule has 2 rings (SSSR count). The molecule has 2 aromatic rings. The van der Waals surface area contributed by atoms with Crippen molar-refractivity contribution < 1.29 is 0 Å². The van der Waals surface area contributed by atoms with Gasteiger partial charge in [0.25, 0.3) is 0 Å². The molecule has 0 spiro atoms. The molecule has 0 amide bonds. The number of aryl methyl sites for hydroxylation is 1. The van der Waals surface area contributed by atoms with Crippen molar-refractivity contribution in [2.24, 2.45) is 0 Å². The summed E-state index contributed by atoms with van der Waals surface area (Å²) in [4.78, 5) is 5.65. The van der Waals surface area contributed by atoms with Crippen LogP contribution in [0.2, 0.25) is 0 Å². The lowest BCUT2D eigenvalue weighted by atomic mass is 10.2. The molecule has 0 aliphatic rings. The average Bonchev–Trinajstić information content (AvgIpc) is 2.80. The number of halogens is 1. The molecule has 4 heteroatoms. The van der Waals surface area contributed by atoms with Crippen LogP contribution in [0, 0.1) is 0 Å². The number of thiazole rings is 1. The summed E-state index contributed by atoms with van der Waals surface area (Å²) in [5, 5.41) is 4.64. The molecular formula is C13H15BrN2S. The fourth-order valence-electron chi connectivity index (χ4n) is 1.53. The zero-order chi connectivity index (χ0) is 12.1. The van der Waals surface area contributed by atoms with Crippen LogP contribution in [0.15, 0.2) is 34.9 Å². The third kappa shape index (κ3) is 3.91. The fraction of sp³-hybridized carbons (Fsp3) is 0.308. The first-order valence-electron chi connectivity index (χ1n) is 5.66. The Morgan fingerprint density at radius 3 is 2.65 bits per heavy atom. The second-order valence-electron chi connectivity index (χ2n) is 3.80. The first-order valence-corrected chi connectivity index (χ1v) is 7.27. The number of nitrogens with one attached hydrogen (secondary N) is 1. The molecule has 0 atom stereocenters. The first kappa shape index (κ1) is 12.7. The van der Waals surface area contributed by atoms with Gasteiger partial charge in [0.15, 0.2) is 0 Å². The second-order valence-corrected chi connectivity index (χ2v) is 5.92. The zero-order valence-corrected chi connectivity index (χ0v) is 12.1. The summed E-state index contributed by atoms with van der Waals surface area (Å²) in [5.41, 5.74) is 1.30. The smallest absolute Gasteiger partial charge is 0.0925 e. The van der Waals surface area contributed by atoms with Gasteiger partial charge in [0.1, 0.15) is 0 Å². The van der Waals surface area contributed by atoms with Crippen molar-refractivity contribution in [1.29, 1.82) is 0 Å². The third-order valence-corrected chi connectivity index (χ3v) is 4.12. The number of hydrogen-bond donors (Lipinski definition) is 1. The largest absolute Gasteiger partial charge is 0.308 e. The van der Waals surface area contributed by atoms with Crippen LogP contribution in [0.1, 0.15) is 22.4 Å². The predicted octanol–water partition coefficient (Wildman–Crippen LogP) is 3.76. The highest BCUT2D eigenvalue weighted by atomic mass is 79.9. The molecule has 1 aromatic heterocycles. The first-order chi connectivity index (χ1) is 8.28. The minimum Gasteiger partial charge on any atom is -0.308 e. The molecule has 0 bridgehead atoms. The van der Waals surface area contributed by atoms with Crippen LogP contribution in [0.25, 0.3) is 0 Å². The number of rotatable bonds is 5. The minimum atomic E-state index is 0.895. The van der Waals surface area contributed by atoms with Gasteiger partial charge in [-0.1, -0.05) is 35.0 Å². The van der Waals surface area contributed by atoms with E-state index in [1.54, 1.807) is 11.3 Å². The van der Waals surface area contributed by atoms with Crippen LogP contribution in [0.5, 0.6) is 0 Å². The van der Waals surface area contributed by atoms with Crippen molar-refractivity contribution in [3.05, 3.63) is 50.4 Å². The summed E-state index contributed by atoms with van der Waals surface area (Å²) in [6, 6.07) is 8.39. The van der Waals surface area contributed by atoms with Crippen molar-refractivity contribution in [2.45, 2.75) is 26.4 Å². The number of hydrogen-bond acceptors (Lipinski definition) is 3. The highest BCUT2D eigenvalue weighted by Crippen LogP contribution is 2.13.